The number of aliphatic carboxylic acids is 1. The molecule has 2 atom stereocenters. The number of carboxylic acids is 1. The average Bonchev–Trinajstić information content (AvgIpc) is 3.45. The average molecular weight is 477 g/mol. The highest BCUT2D eigenvalue weighted by atomic mass is 16.5. The molecule has 3 aliphatic rings. The topological polar surface area (TPSA) is 95.9 Å². The molecule has 0 aliphatic heterocycles. The highest BCUT2D eigenvalue weighted by Crippen LogP contribution is 2.44. The molecule has 2 amide bonds. The number of nitrogens with one attached hydrogen (secondary N) is 1. The Morgan fingerprint density at radius 1 is 0.943 bits per heavy atom. The third-order valence-electron chi connectivity index (χ3n) is 7.64. The highest BCUT2D eigenvalue weighted by Gasteiger charge is 2.38. The van der Waals surface area contributed by atoms with Crippen LogP contribution in [0.25, 0.3) is 11.1 Å². The van der Waals surface area contributed by atoms with Gasteiger partial charge < -0.3 is 20.1 Å². The molecule has 3 aliphatic carbocycles. The first-order valence-electron chi connectivity index (χ1n) is 12.6. The van der Waals surface area contributed by atoms with Gasteiger partial charge in [-0.05, 0) is 59.8 Å². The van der Waals surface area contributed by atoms with Gasteiger partial charge in [0, 0.05) is 24.9 Å². The summed E-state index contributed by atoms with van der Waals surface area (Å²) in [7, 11) is 0. The van der Waals surface area contributed by atoms with Gasteiger partial charge in [0.15, 0.2) is 0 Å². The summed E-state index contributed by atoms with van der Waals surface area (Å²) in [6.07, 6.45) is 4.10. The van der Waals surface area contributed by atoms with Crippen molar-refractivity contribution in [2.75, 3.05) is 26.2 Å². The van der Waals surface area contributed by atoms with Crippen LogP contribution in [-0.4, -0.2) is 54.2 Å². The summed E-state index contributed by atoms with van der Waals surface area (Å²) in [5, 5.41) is 12.1. The minimum absolute atomic E-state index is 0.000887. The summed E-state index contributed by atoms with van der Waals surface area (Å²) in [6.45, 7) is 0.880. The van der Waals surface area contributed by atoms with E-state index in [0.29, 0.717) is 19.0 Å². The van der Waals surface area contributed by atoms with E-state index in [1.54, 1.807) is 0 Å². The quantitative estimate of drug-likeness (QED) is 0.564. The van der Waals surface area contributed by atoms with Crippen molar-refractivity contribution < 1.29 is 24.2 Å². The van der Waals surface area contributed by atoms with Gasteiger partial charge in [0.2, 0.25) is 5.91 Å². The molecule has 5 rings (SSSR count). The SMILES string of the molecule is O=C(O)CN(CC1CC1)C(=O)[C@@H]1CCC[C@@H]1CNC(=O)OCC1c2ccccc2-c2ccccc21. The van der Waals surface area contributed by atoms with Crippen LogP contribution >= 0.6 is 0 Å². The molecule has 2 aromatic rings. The molecule has 184 valence electrons. The Kier molecular flexibility index (Phi) is 6.75. The number of carbonyl (C=O) groups excluding carboxylic acids is 2. The largest absolute Gasteiger partial charge is 0.480 e. The van der Waals surface area contributed by atoms with E-state index < -0.39 is 12.1 Å². The Labute approximate surface area is 205 Å². The number of fused-ring (bicyclic) bond motifs is 3. The predicted molar refractivity (Wildman–Crippen MR) is 131 cm³/mol. The molecule has 0 aromatic heterocycles. The fourth-order valence-corrected chi connectivity index (χ4v) is 5.71. The first-order valence-corrected chi connectivity index (χ1v) is 12.6. The molecule has 7 nitrogen and oxygen atoms in total. The smallest absolute Gasteiger partial charge is 0.407 e. The second kappa shape index (κ2) is 10.1. The number of amides is 2. The number of carbonyl (C=O) groups is 3. The van der Waals surface area contributed by atoms with Crippen LogP contribution in [0.1, 0.15) is 49.1 Å². The second-order valence-corrected chi connectivity index (χ2v) is 10.1. The van der Waals surface area contributed by atoms with Gasteiger partial charge in [0.05, 0.1) is 0 Å². The Balaban J connectivity index is 1.16. The fraction of sp³-hybridized carbons (Fsp3) is 0.464. The molecule has 0 saturated heterocycles. The number of hydrogen-bond acceptors (Lipinski definition) is 4. The first-order chi connectivity index (χ1) is 17.0. The number of rotatable bonds is 9. The number of carboxylic acid groups (broad SMARTS) is 1. The van der Waals surface area contributed by atoms with E-state index in [1.165, 1.54) is 16.0 Å². The molecular weight excluding hydrogens is 444 g/mol. The number of benzene rings is 2. The first kappa shape index (κ1) is 23.4. The van der Waals surface area contributed by atoms with Gasteiger partial charge in [-0.15, -0.1) is 0 Å². The molecule has 0 heterocycles. The minimum Gasteiger partial charge on any atom is -0.480 e. The van der Waals surface area contributed by atoms with Gasteiger partial charge in [-0.1, -0.05) is 55.0 Å². The van der Waals surface area contributed by atoms with E-state index >= 15 is 0 Å². The summed E-state index contributed by atoms with van der Waals surface area (Å²) in [5.74, 6) is -0.889. The zero-order chi connectivity index (χ0) is 24.4. The lowest BCUT2D eigenvalue weighted by Gasteiger charge is -2.27. The Hall–Kier alpha value is -3.35. The summed E-state index contributed by atoms with van der Waals surface area (Å²) in [6, 6.07) is 16.4. The van der Waals surface area contributed by atoms with Crippen molar-refractivity contribution in [3.63, 3.8) is 0 Å². The van der Waals surface area contributed by atoms with Crippen LogP contribution in [0.2, 0.25) is 0 Å². The summed E-state index contributed by atoms with van der Waals surface area (Å²) in [5.41, 5.74) is 4.69. The van der Waals surface area contributed by atoms with Crippen molar-refractivity contribution in [1.29, 1.82) is 0 Å². The monoisotopic (exact) mass is 476 g/mol. The third kappa shape index (κ3) is 5.19. The fourth-order valence-electron chi connectivity index (χ4n) is 5.71. The summed E-state index contributed by atoms with van der Waals surface area (Å²) >= 11 is 0. The zero-order valence-electron chi connectivity index (χ0n) is 19.8. The lowest BCUT2D eigenvalue weighted by molar-refractivity contribution is -0.147. The Morgan fingerprint density at radius 3 is 2.23 bits per heavy atom. The molecule has 2 aromatic carbocycles. The number of hydrogen-bond donors (Lipinski definition) is 2. The molecule has 0 bridgehead atoms. The minimum atomic E-state index is -0.981. The number of alkyl carbamates (subject to hydrolysis) is 1. The van der Waals surface area contributed by atoms with E-state index in [2.05, 4.69) is 29.6 Å². The van der Waals surface area contributed by atoms with Gasteiger partial charge in [0.1, 0.15) is 13.2 Å². The van der Waals surface area contributed by atoms with Crippen LogP contribution in [0.15, 0.2) is 48.5 Å². The second-order valence-electron chi connectivity index (χ2n) is 10.1. The molecular formula is C28H32N2O5. The molecule has 2 saturated carbocycles. The van der Waals surface area contributed by atoms with Crippen LogP contribution < -0.4 is 5.32 Å². The summed E-state index contributed by atoms with van der Waals surface area (Å²) in [4.78, 5) is 38.5. The van der Waals surface area contributed by atoms with Crippen molar-refractivity contribution in [2.24, 2.45) is 17.8 Å². The standard InChI is InChI=1S/C28H32N2O5/c31-26(32)16-30(15-18-12-13-18)27(33)20-11-5-6-19(20)14-29-28(34)35-17-25-23-9-3-1-7-21(23)22-8-2-4-10-24(22)25/h1-4,7-10,18-20,25H,5-6,11-17H2,(H,29,34)(H,31,32)/t19-,20-/m1/s1. The molecule has 0 radical (unpaired) electrons. The highest BCUT2D eigenvalue weighted by molar-refractivity contribution is 5.84. The number of nitrogens with zero attached hydrogens (tertiary/aromatic N) is 1. The summed E-state index contributed by atoms with van der Waals surface area (Å²) < 4.78 is 5.63. The van der Waals surface area contributed by atoms with E-state index in [0.717, 1.165) is 43.2 Å². The van der Waals surface area contributed by atoms with Crippen LogP contribution in [0, 0.1) is 17.8 Å². The molecule has 0 unspecified atom stereocenters. The van der Waals surface area contributed by atoms with Crippen LogP contribution in [0.5, 0.6) is 0 Å². The predicted octanol–water partition coefficient (Wildman–Crippen LogP) is 4.26. The maximum atomic E-state index is 13.2. The van der Waals surface area contributed by atoms with Crippen molar-refractivity contribution >= 4 is 18.0 Å². The molecule has 35 heavy (non-hydrogen) atoms. The maximum absolute atomic E-state index is 13.2. The third-order valence-corrected chi connectivity index (χ3v) is 7.64. The molecule has 2 fully saturated rings. The van der Waals surface area contributed by atoms with Crippen molar-refractivity contribution in [1.82, 2.24) is 10.2 Å². The molecule has 0 spiro atoms. The van der Waals surface area contributed by atoms with E-state index in [4.69, 9.17) is 4.74 Å². The van der Waals surface area contributed by atoms with Crippen molar-refractivity contribution in [3.8, 4) is 11.1 Å². The van der Waals surface area contributed by atoms with Crippen molar-refractivity contribution in [3.05, 3.63) is 59.7 Å². The zero-order valence-corrected chi connectivity index (χ0v) is 19.8. The lowest BCUT2D eigenvalue weighted by atomic mass is 9.94. The Morgan fingerprint density at radius 2 is 1.60 bits per heavy atom. The maximum Gasteiger partial charge on any atom is 0.407 e. The van der Waals surface area contributed by atoms with Gasteiger partial charge in [0.25, 0.3) is 0 Å². The van der Waals surface area contributed by atoms with Gasteiger partial charge >= 0.3 is 12.1 Å². The Bertz CT molecular complexity index is 1070. The van der Waals surface area contributed by atoms with Crippen molar-refractivity contribution in [2.45, 2.75) is 38.0 Å². The van der Waals surface area contributed by atoms with E-state index in [1.807, 2.05) is 24.3 Å². The number of ether oxygens (including phenoxy) is 1. The van der Waals surface area contributed by atoms with Crippen LogP contribution in [-0.2, 0) is 14.3 Å². The van der Waals surface area contributed by atoms with Gasteiger partial charge in [-0.2, -0.15) is 0 Å². The van der Waals surface area contributed by atoms with Gasteiger partial charge in [-0.25, -0.2) is 4.79 Å². The van der Waals surface area contributed by atoms with Gasteiger partial charge in [-0.3, -0.25) is 9.59 Å². The van der Waals surface area contributed by atoms with Crippen LogP contribution in [0.3, 0.4) is 0 Å². The van der Waals surface area contributed by atoms with Crippen LogP contribution in [0.4, 0.5) is 4.79 Å². The lowest BCUT2D eigenvalue weighted by Crippen LogP contribution is -2.43. The van der Waals surface area contributed by atoms with E-state index in [-0.39, 0.29) is 36.8 Å². The van der Waals surface area contributed by atoms with E-state index in [9.17, 15) is 19.5 Å². The molecule has 7 heteroatoms. The normalized spacial score (nSPS) is 20.7. The molecule has 2 N–H and O–H groups in total.